The topological polar surface area (TPSA) is 155 Å². The Bertz CT molecular complexity index is 1290. The van der Waals surface area contributed by atoms with Crippen molar-refractivity contribution in [2.24, 2.45) is 5.10 Å². The van der Waals surface area contributed by atoms with E-state index in [0.29, 0.717) is 29.2 Å². The molecule has 180 valence electrons. The molecule has 0 fully saturated rings. The molecule has 0 heterocycles. The number of nitrogens with one attached hydrogen (secondary N) is 1. The van der Waals surface area contributed by atoms with Crippen molar-refractivity contribution >= 4 is 23.5 Å². The molecule has 3 aromatic rings. The molecule has 35 heavy (non-hydrogen) atoms. The molecule has 0 spiro atoms. The average Bonchev–Trinajstić information content (AvgIpc) is 2.84. The zero-order valence-corrected chi connectivity index (χ0v) is 18.7. The van der Waals surface area contributed by atoms with Crippen LogP contribution in [-0.2, 0) is 0 Å². The predicted molar refractivity (Wildman–Crippen MR) is 125 cm³/mol. The molecule has 12 heteroatoms. The minimum absolute atomic E-state index is 0.160. The number of carbonyl (C=O) groups is 1. The molecule has 0 aromatic heterocycles. The van der Waals surface area contributed by atoms with Gasteiger partial charge in [-0.05, 0) is 48.9 Å². The van der Waals surface area contributed by atoms with Crippen molar-refractivity contribution in [1.29, 1.82) is 0 Å². The number of hydrazone groups is 1. The van der Waals surface area contributed by atoms with E-state index in [0.717, 1.165) is 18.2 Å². The molecular formula is C23H20N4O8. The van der Waals surface area contributed by atoms with E-state index in [2.05, 4.69) is 10.5 Å². The Morgan fingerprint density at radius 1 is 1.00 bits per heavy atom. The van der Waals surface area contributed by atoms with E-state index in [1.807, 2.05) is 6.92 Å². The van der Waals surface area contributed by atoms with Gasteiger partial charge in [0.1, 0.15) is 5.75 Å². The first-order valence-corrected chi connectivity index (χ1v) is 10.2. The summed E-state index contributed by atoms with van der Waals surface area (Å²) in [7, 11) is 1.47. The van der Waals surface area contributed by atoms with Gasteiger partial charge in [0.25, 0.3) is 11.6 Å². The van der Waals surface area contributed by atoms with Gasteiger partial charge in [0.15, 0.2) is 11.5 Å². The maximum atomic E-state index is 12.4. The van der Waals surface area contributed by atoms with Crippen molar-refractivity contribution in [2.45, 2.75) is 6.92 Å². The highest BCUT2D eigenvalue weighted by Gasteiger charge is 2.21. The van der Waals surface area contributed by atoms with Gasteiger partial charge in [-0.2, -0.15) is 5.10 Å². The van der Waals surface area contributed by atoms with E-state index in [4.69, 9.17) is 14.2 Å². The fourth-order valence-electron chi connectivity index (χ4n) is 2.95. The number of non-ortho nitro benzene ring substituents is 1. The molecule has 0 saturated carbocycles. The Hall–Kier alpha value is -5.00. The van der Waals surface area contributed by atoms with Gasteiger partial charge in [-0.3, -0.25) is 25.0 Å². The smallest absolute Gasteiger partial charge is 0.318 e. The lowest BCUT2D eigenvalue weighted by molar-refractivity contribution is -0.394. The molecule has 0 saturated heterocycles. The molecular weight excluding hydrogens is 460 g/mol. The fraction of sp³-hybridized carbons (Fsp3) is 0.130. The summed E-state index contributed by atoms with van der Waals surface area (Å²) >= 11 is 0. The molecule has 0 aliphatic heterocycles. The Morgan fingerprint density at radius 3 is 2.46 bits per heavy atom. The number of benzene rings is 3. The van der Waals surface area contributed by atoms with E-state index in [1.54, 1.807) is 30.3 Å². The first kappa shape index (κ1) is 24.6. The summed E-state index contributed by atoms with van der Waals surface area (Å²) in [6.07, 6.45) is 1.36. The van der Waals surface area contributed by atoms with Crippen LogP contribution in [0, 0.1) is 20.2 Å². The highest BCUT2D eigenvalue weighted by molar-refractivity contribution is 5.95. The SMILES string of the molecule is CCOc1ccc(C(=O)N/N=C/c2cccc(Oc3ccc([N+](=O)[O-])cc3[N+](=O)[O-])c2)cc1OC. The molecule has 0 bridgehead atoms. The third-order valence-electron chi connectivity index (χ3n) is 4.54. The third-order valence-corrected chi connectivity index (χ3v) is 4.54. The summed E-state index contributed by atoms with van der Waals surface area (Å²) < 4.78 is 16.2. The van der Waals surface area contributed by atoms with Crippen molar-refractivity contribution < 1.29 is 28.9 Å². The lowest BCUT2D eigenvalue weighted by Gasteiger charge is -2.10. The van der Waals surface area contributed by atoms with Crippen LogP contribution in [0.2, 0.25) is 0 Å². The maximum absolute atomic E-state index is 12.4. The molecule has 0 aliphatic rings. The lowest BCUT2D eigenvalue weighted by Crippen LogP contribution is -2.17. The normalized spacial score (nSPS) is 10.6. The number of nitro benzene ring substituents is 2. The van der Waals surface area contributed by atoms with Crippen molar-refractivity contribution in [3.05, 3.63) is 92.0 Å². The Labute approximate surface area is 199 Å². The fourth-order valence-corrected chi connectivity index (χ4v) is 2.95. The van der Waals surface area contributed by atoms with Crippen LogP contribution >= 0.6 is 0 Å². The number of amides is 1. The number of hydrogen-bond donors (Lipinski definition) is 1. The highest BCUT2D eigenvalue weighted by Crippen LogP contribution is 2.34. The van der Waals surface area contributed by atoms with Crippen LogP contribution in [0.4, 0.5) is 11.4 Å². The Morgan fingerprint density at radius 2 is 1.77 bits per heavy atom. The van der Waals surface area contributed by atoms with Crippen molar-refractivity contribution in [3.8, 4) is 23.0 Å². The summed E-state index contributed by atoms with van der Waals surface area (Å²) in [6.45, 7) is 2.29. The van der Waals surface area contributed by atoms with Crippen LogP contribution in [0.15, 0.2) is 65.8 Å². The molecule has 1 amide bonds. The monoisotopic (exact) mass is 480 g/mol. The number of nitrogens with zero attached hydrogens (tertiary/aromatic N) is 3. The zero-order chi connectivity index (χ0) is 25.4. The van der Waals surface area contributed by atoms with E-state index in [9.17, 15) is 25.0 Å². The van der Waals surface area contributed by atoms with Gasteiger partial charge in [0.05, 0.1) is 35.8 Å². The summed E-state index contributed by atoms with van der Waals surface area (Å²) in [4.78, 5) is 33.1. The zero-order valence-electron chi connectivity index (χ0n) is 18.7. The van der Waals surface area contributed by atoms with Crippen LogP contribution < -0.4 is 19.6 Å². The number of carbonyl (C=O) groups excluding carboxylic acids is 1. The van der Waals surface area contributed by atoms with Crippen molar-refractivity contribution in [3.63, 3.8) is 0 Å². The second kappa shape index (κ2) is 11.2. The number of ether oxygens (including phenoxy) is 3. The quantitative estimate of drug-likeness (QED) is 0.253. The number of nitro groups is 2. The van der Waals surface area contributed by atoms with Gasteiger partial charge in [0.2, 0.25) is 5.75 Å². The molecule has 12 nitrogen and oxygen atoms in total. The van der Waals surface area contributed by atoms with E-state index in [1.165, 1.54) is 25.5 Å². The van der Waals surface area contributed by atoms with Gasteiger partial charge in [0, 0.05) is 11.6 Å². The number of hydrogen-bond acceptors (Lipinski definition) is 9. The van der Waals surface area contributed by atoms with Crippen molar-refractivity contribution in [2.75, 3.05) is 13.7 Å². The minimum Gasteiger partial charge on any atom is -0.493 e. The molecule has 3 rings (SSSR count). The predicted octanol–water partition coefficient (Wildman–Crippen LogP) is 4.47. The first-order chi connectivity index (χ1) is 16.8. The van der Waals surface area contributed by atoms with E-state index < -0.39 is 27.1 Å². The second-order valence-electron chi connectivity index (χ2n) is 6.84. The average molecular weight is 480 g/mol. The third kappa shape index (κ3) is 6.28. The molecule has 0 atom stereocenters. The van der Waals surface area contributed by atoms with E-state index >= 15 is 0 Å². The highest BCUT2D eigenvalue weighted by atomic mass is 16.6. The molecule has 0 unspecified atom stereocenters. The van der Waals surface area contributed by atoms with Crippen LogP contribution in [0.25, 0.3) is 0 Å². The first-order valence-electron chi connectivity index (χ1n) is 10.2. The summed E-state index contributed by atoms with van der Waals surface area (Å²) in [5.41, 5.74) is 2.27. The standard InChI is InChI=1S/C23H20N4O8/c1-3-34-21-9-7-16(12-22(21)33-2)23(28)25-24-14-15-5-4-6-18(11-15)35-20-10-8-17(26(29)30)13-19(20)27(31)32/h4-14H,3H2,1-2H3,(H,25,28)/b24-14+. The minimum atomic E-state index is -0.765. The summed E-state index contributed by atoms with van der Waals surface area (Å²) in [5, 5.41) is 26.1. The van der Waals surface area contributed by atoms with Gasteiger partial charge < -0.3 is 14.2 Å². The van der Waals surface area contributed by atoms with Crippen LogP contribution in [-0.4, -0.2) is 35.7 Å². The van der Waals surface area contributed by atoms with E-state index in [-0.39, 0.29) is 11.5 Å². The maximum Gasteiger partial charge on any atom is 0.318 e. The van der Waals surface area contributed by atoms with Gasteiger partial charge >= 0.3 is 5.69 Å². The molecule has 0 aliphatic carbocycles. The van der Waals surface area contributed by atoms with Gasteiger partial charge in [-0.15, -0.1) is 0 Å². The second-order valence-corrected chi connectivity index (χ2v) is 6.84. The summed E-state index contributed by atoms with van der Waals surface area (Å²) in [5.74, 6) is 0.520. The lowest BCUT2D eigenvalue weighted by atomic mass is 10.2. The Kier molecular flexibility index (Phi) is 7.90. The molecule has 1 N–H and O–H groups in total. The Balaban J connectivity index is 1.71. The number of methoxy groups -OCH3 is 1. The largest absolute Gasteiger partial charge is 0.493 e. The summed E-state index contributed by atoms with van der Waals surface area (Å²) in [6, 6.07) is 14.2. The molecule has 3 aromatic carbocycles. The molecule has 0 radical (unpaired) electrons. The van der Waals surface area contributed by atoms with Crippen LogP contribution in [0.3, 0.4) is 0 Å². The van der Waals surface area contributed by atoms with Crippen molar-refractivity contribution in [1.82, 2.24) is 5.43 Å². The van der Waals surface area contributed by atoms with Gasteiger partial charge in [-0.25, -0.2) is 5.43 Å². The van der Waals surface area contributed by atoms with Gasteiger partial charge in [-0.1, -0.05) is 12.1 Å². The van der Waals surface area contributed by atoms with Crippen LogP contribution in [0.1, 0.15) is 22.8 Å². The number of rotatable bonds is 10. The van der Waals surface area contributed by atoms with Crippen LogP contribution in [0.5, 0.6) is 23.0 Å².